The van der Waals surface area contributed by atoms with Gasteiger partial charge in [-0.3, -0.25) is 9.89 Å². The third-order valence-corrected chi connectivity index (χ3v) is 6.43. The molecule has 2 aromatic heterocycles. The maximum absolute atomic E-state index is 4.65. The van der Waals surface area contributed by atoms with E-state index in [4.69, 9.17) is 0 Å². The van der Waals surface area contributed by atoms with Crippen LogP contribution in [0.5, 0.6) is 0 Å². The number of nitrogens with zero attached hydrogens (tertiary/aromatic N) is 3. The normalized spacial score (nSPS) is 16.4. The molecule has 0 saturated carbocycles. The molecule has 6 nitrogen and oxygen atoms in total. The number of fused-ring (bicyclic) bond motifs is 1. The SMILES string of the molecule is CN=C(NCCCc1nc2ccccc2[nH]1)NCC(c1cccs1)N1CCCC1. The third kappa shape index (κ3) is 5.16. The number of hydrogen-bond acceptors (Lipinski definition) is 4. The summed E-state index contributed by atoms with van der Waals surface area (Å²) >= 11 is 1.85. The summed E-state index contributed by atoms with van der Waals surface area (Å²) in [6, 6.07) is 13.0. The van der Waals surface area contributed by atoms with Gasteiger partial charge in [0.1, 0.15) is 5.82 Å². The summed E-state index contributed by atoms with van der Waals surface area (Å²) in [6.07, 6.45) is 4.53. The highest BCUT2D eigenvalue weighted by atomic mass is 32.1. The Morgan fingerprint density at radius 1 is 1.21 bits per heavy atom. The van der Waals surface area contributed by atoms with Crippen LogP contribution in [0.1, 0.15) is 36.0 Å². The number of rotatable bonds is 8. The van der Waals surface area contributed by atoms with Crippen molar-refractivity contribution in [2.45, 2.75) is 31.7 Å². The van der Waals surface area contributed by atoms with E-state index >= 15 is 0 Å². The molecule has 29 heavy (non-hydrogen) atoms. The number of aromatic nitrogens is 2. The predicted molar refractivity (Wildman–Crippen MR) is 122 cm³/mol. The molecule has 1 saturated heterocycles. The molecule has 3 heterocycles. The summed E-state index contributed by atoms with van der Waals surface area (Å²) in [7, 11) is 1.84. The number of para-hydroxylation sites is 2. The van der Waals surface area contributed by atoms with Crippen LogP contribution in [0.25, 0.3) is 11.0 Å². The summed E-state index contributed by atoms with van der Waals surface area (Å²) in [5, 5.41) is 9.15. The Hall–Kier alpha value is -2.38. The molecule has 0 radical (unpaired) electrons. The molecular weight excluding hydrogens is 380 g/mol. The molecule has 1 aliphatic rings. The van der Waals surface area contributed by atoms with Crippen molar-refractivity contribution in [1.82, 2.24) is 25.5 Å². The second-order valence-electron chi connectivity index (χ2n) is 7.46. The molecule has 1 aliphatic heterocycles. The van der Waals surface area contributed by atoms with Gasteiger partial charge in [-0.1, -0.05) is 18.2 Å². The minimum Gasteiger partial charge on any atom is -0.356 e. The van der Waals surface area contributed by atoms with E-state index in [2.05, 4.69) is 54.1 Å². The van der Waals surface area contributed by atoms with Crippen LogP contribution in [-0.4, -0.2) is 54.1 Å². The van der Waals surface area contributed by atoms with Crippen molar-refractivity contribution in [3.8, 4) is 0 Å². The van der Waals surface area contributed by atoms with Crippen LogP contribution in [0.2, 0.25) is 0 Å². The largest absolute Gasteiger partial charge is 0.356 e. The van der Waals surface area contributed by atoms with Gasteiger partial charge < -0.3 is 15.6 Å². The number of nitrogens with one attached hydrogen (secondary N) is 3. The Kier molecular flexibility index (Phi) is 6.79. The van der Waals surface area contributed by atoms with E-state index in [0.29, 0.717) is 6.04 Å². The lowest BCUT2D eigenvalue weighted by molar-refractivity contribution is 0.249. The maximum Gasteiger partial charge on any atom is 0.191 e. The van der Waals surface area contributed by atoms with E-state index in [0.717, 1.165) is 48.7 Å². The standard InChI is InChI=1S/C22H30N6S/c1-23-22(24-12-6-11-21-26-17-8-2-3-9-18(17)27-21)25-16-19(20-10-7-15-29-20)28-13-4-5-14-28/h2-3,7-10,15,19H,4-6,11-14,16H2,1H3,(H,26,27)(H2,23,24,25). The molecule has 1 aromatic carbocycles. The molecule has 0 bridgehead atoms. The Morgan fingerprint density at radius 2 is 2.07 bits per heavy atom. The monoisotopic (exact) mass is 410 g/mol. The summed E-state index contributed by atoms with van der Waals surface area (Å²) in [5.74, 6) is 1.91. The smallest absolute Gasteiger partial charge is 0.191 e. The van der Waals surface area contributed by atoms with Crippen molar-refractivity contribution >= 4 is 28.3 Å². The quantitative estimate of drug-likeness (QED) is 0.302. The van der Waals surface area contributed by atoms with Gasteiger partial charge in [0, 0.05) is 31.4 Å². The molecule has 4 rings (SSSR count). The number of hydrogen-bond donors (Lipinski definition) is 3. The Morgan fingerprint density at radius 3 is 2.83 bits per heavy atom. The van der Waals surface area contributed by atoms with Gasteiger partial charge in [-0.15, -0.1) is 11.3 Å². The van der Waals surface area contributed by atoms with Gasteiger partial charge in [0.15, 0.2) is 5.96 Å². The van der Waals surface area contributed by atoms with Crippen molar-refractivity contribution in [3.63, 3.8) is 0 Å². The van der Waals surface area contributed by atoms with Gasteiger partial charge in [-0.05, 0) is 55.9 Å². The fourth-order valence-corrected chi connectivity index (χ4v) is 4.81. The number of aromatic amines is 1. The second kappa shape index (κ2) is 9.89. The van der Waals surface area contributed by atoms with Crippen LogP contribution < -0.4 is 10.6 Å². The van der Waals surface area contributed by atoms with Crippen molar-refractivity contribution in [1.29, 1.82) is 0 Å². The van der Waals surface area contributed by atoms with Crippen molar-refractivity contribution in [2.75, 3.05) is 33.2 Å². The van der Waals surface area contributed by atoms with Gasteiger partial charge in [-0.25, -0.2) is 4.98 Å². The average molecular weight is 411 g/mol. The topological polar surface area (TPSA) is 68.3 Å². The van der Waals surface area contributed by atoms with Gasteiger partial charge in [0.2, 0.25) is 0 Å². The molecule has 0 spiro atoms. The number of thiophene rings is 1. The van der Waals surface area contributed by atoms with E-state index in [1.165, 1.54) is 30.8 Å². The zero-order valence-electron chi connectivity index (χ0n) is 17.0. The zero-order valence-corrected chi connectivity index (χ0v) is 17.8. The Balaban J connectivity index is 1.24. The predicted octanol–water partition coefficient (Wildman–Crippen LogP) is 3.56. The minimum absolute atomic E-state index is 0.423. The van der Waals surface area contributed by atoms with Crippen LogP contribution in [0.4, 0.5) is 0 Å². The molecular formula is C22H30N6S. The Bertz CT molecular complexity index is 877. The highest BCUT2D eigenvalue weighted by Gasteiger charge is 2.24. The van der Waals surface area contributed by atoms with Crippen LogP contribution >= 0.6 is 11.3 Å². The number of imidazole rings is 1. The molecule has 1 fully saturated rings. The fraction of sp³-hybridized carbons (Fsp3) is 0.455. The molecule has 1 atom stereocenters. The lowest BCUT2D eigenvalue weighted by Crippen LogP contribution is -2.42. The van der Waals surface area contributed by atoms with Crippen molar-refractivity contribution in [2.24, 2.45) is 4.99 Å². The summed E-state index contributed by atoms with van der Waals surface area (Å²) in [6.45, 7) is 4.12. The second-order valence-corrected chi connectivity index (χ2v) is 8.44. The number of guanidine groups is 1. The van der Waals surface area contributed by atoms with Gasteiger partial charge in [-0.2, -0.15) is 0 Å². The highest BCUT2D eigenvalue weighted by molar-refractivity contribution is 7.10. The van der Waals surface area contributed by atoms with E-state index in [1.54, 1.807) is 0 Å². The molecule has 154 valence electrons. The molecule has 3 aromatic rings. The van der Waals surface area contributed by atoms with E-state index in [1.807, 2.05) is 36.6 Å². The summed E-state index contributed by atoms with van der Waals surface area (Å²) in [5.41, 5.74) is 2.14. The molecule has 0 amide bonds. The average Bonchev–Trinajstić information content (AvgIpc) is 3.51. The lowest BCUT2D eigenvalue weighted by atomic mass is 10.2. The van der Waals surface area contributed by atoms with Crippen molar-refractivity contribution in [3.05, 3.63) is 52.5 Å². The molecule has 7 heteroatoms. The first-order valence-electron chi connectivity index (χ1n) is 10.5. The number of H-pyrrole nitrogens is 1. The van der Waals surface area contributed by atoms with E-state index in [-0.39, 0.29) is 0 Å². The lowest BCUT2D eigenvalue weighted by Gasteiger charge is -2.27. The first-order valence-corrected chi connectivity index (χ1v) is 11.4. The van der Waals surface area contributed by atoms with Crippen LogP contribution in [-0.2, 0) is 6.42 Å². The molecule has 1 unspecified atom stereocenters. The van der Waals surface area contributed by atoms with Crippen LogP contribution in [0.15, 0.2) is 46.8 Å². The van der Waals surface area contributed by atoms with Crippen molar-refractivity contribution < 1.29 is 0 Å². The molecule has 3 N–H and O–H groups in total. The Labute approximate surface area is 176 Å². The number of likely N-dealkylation sites (tertiary alicyclic amines) is 1. The third-order valence-electron chi connectivity index (χ3n) is 5.46. The summed E-state index contributed by atoms with van der Waals surface area (Å²) < 4.78 is 0. The van der Waals surface area contributed by atoms with E-state index in [9.17, 15) is 0 Å². The summed E-state index contributed by atoms with van der Waals surface area (Å²) in [4.78, 5) is 16.5. The van der Waals surface area contributed by atoms with Gasteiger partial charge >= 0.3 is 0 Å². The van der Waals surface area contributed by atoms with Crippen LogP contribution in [0.3, 0.4) is 0 Å². The minimum atomic E-state index is 0.423. The number of benzene rings is 1. The zero-order chi connectivity index (χ0) is 19.9. The van der Waals surface area contributed by atoms with Gasteiger partial charge in [0.25, 0.3) is 0 Å². The molecule has 0 aliphatic carbocycles. The number of aliphatic imine (C=N–C) groups is 1. The maximum atomic E-state index is 4.65. The first kappa shape index (κ1) is 19.9. The van der Waals surface area contributed by atoms with Gasteiger partial charge in [0.05, 0.1) is 17.1 Å². The highest BCUT2D eigenvalue weighted by Crippen LogP contribution is 2.27. The number of aryl methyl sites for hydroxylation is 1. The van der Waals surface area contributed by atoms with Crippen LogP contribution in [0, 0.1) is 0 Å². The van der Waals surface area contributed by atoms with E-state index < -0.39 is 0 Å². The fourth-order valence-electron chi connectivity index (χ4n) is 3.94. The first-order chi connectivity index (χ1) is 14.3.